The number of rotatable bonds is 17. The van der Waals surface area contributed by atoms with Crippen LogP contribution in [0.4, 0.5) is 0 Å². The van der Waals surface area contributed by atoms with Crippen LogP contribution in [0, 0.1) is 5.41 Å². The third-order valence-electron chi connectivity index (χ3n) is 5.75. The maximum Gasteiger partial charge on any atom is 0.332 e. The minimum atomic E-state index is -1.22. The highest BCUT2D eigenvalue weighted by atomic mass is 31.2. The standard InChI is InChI=1S/C22H44O6P2/c1-3-4-5-6-7-8-9-10-11-12-13-14-15-16-17-24-30-27-20-22(21-28-30)18-25-29(23-2)26-19-22/h3-21H2,1-2H3. The minimum Gasteiger partial charge on any atom is -0.316 e. The second-order valence-electron chi connectivity index (χ2n) is 8.65. The van der Waals surface area contributed by atoms with Crippen molar-refractivity contribution in [2.24, 2.45) is 5.41 Å². The molecular formula is C22H44O6P2. The molecule has 0 N–H and O–H groups in total. The van der Waals surface area contributed by atoms with E-state index in [1.54, 1.807) is 7.11 Å². The molecule has 2 saturated heterocycles. The second-order valence-corrected chi connectivity index (χ2v) is 11.2. The first-order chi connectivity index (χ1) is 14.8. The Hall–Kier alpha value is 0.620. The molecule has 2 aliphatic rings. The Labute approximate surface area is 187 Å². The van der Waals surface area contributed by atoms with E-state index in [2.05, 4.69) is 6.92 Å². The molecule has 1 spiro atoms. The Balaban J connectivity index is 1.32. The molecular weight excluding hydrogens is 422 g/mol. The van der Waals surface area contributed by atoms with Crippen molar-refractivity contribution in [3.8, 4) is 0 Å². The van der Waals surface area contributed by atoms with Gasteiger partial charge in [0.1, 0.15) is 0 Å². The third-order valence-corrected chi connectivity index (χ3v) is 7.80. The molecule has 0 aliphatic carbocycles. The smallest absolute Gasteiger partial charge is 0.316 e. The van der Waals surface area contributed by atoms with E-state index < -0.39 is 17.2 Å². The number of hydrogen-bond acceptors (Lipinski definition) is 6. The predicted molar refractivity (Wildman–Crippen MR) is 123 cm³/mol. The number of hydrogen-bond donors (Lipinski definition) is 0. The molecule has 2 fully saturated rings. The lowest BCUT2D eigenvalue weighted by molar-refractivity contribution is -0.0745. The summed E-state index contributed by atoms with van der Waals surface area (Å²) in [5.74, 6) is 0. The molecule has 0 aromatic carbocycles. The third kappa shape index (κ3) is 11.5. The van der Waals surface area contributed by atoms with Crippen molar-refractivity contribution in [3.05, 3.63) is 0 Å². The van der Waals surface area contributed by atoms with E-state index in [4.69, 9.17) is 27.1 Å². The van der Waals surface area contributed by atoms with Crippen LogP contribution in [0.5, 0.6) is 0 Å². The van der Waals surface area contributed by atoms with Crippen LogP contribution in [0.1, 0.15) is 96.8 Å². The second kappa shape index (κ2) is 17.1. The summed E-state index contributed by atoms with van der Waals surface area (Å²) in [6, 6.07) is 0. The van der Waals surface area contributed by atoms with Crippen LogP contribution in [0.25, 0.3) is 0 Å². The maximum absolute atomic E-state index is 5.79. The highest BCUT2D eigenvalue weighted by molar-refractivity contribution is 7.42. The molecule has 0 unspecified atom stereocenters. The van der Waals surface area contributed by atoms with Gasteiger partial charge in [-0.3, -0.25) is 0 Å². The molecule has 0 aromatic heterocycles. The quantitative estimate of drug-likeness (QED) is 0.162. The molecule has 0 atom stereocenters. The predicted octanol–water partition coefficient (Wildman–Crippen LogP) is 7.66. The highest BCUT2D eigenvalue weighted by Crippen LogP contribution is 2.52. The Morgan fingerprint density at radius 1 is 0.600 bits per heavy atom. The molecule has 2 aliphatic heterocycles. The summed E-state index contributed by atoms with van der Waals surface area (Å²) >= 11 is 0. The van der Waals surface area contributed by atoms with Crippen molar-refractivity contribution in [1.29, 1.82) is 0 Å². The maximum atomic E-state index is 5.79. The summed E-state index contributed by atoms with van der Waals surface area (Å²) in [4.78, 5) is 0. The first-order valence-corrected chi connectivity index (χ1v) is 14.3. The average Bonchev–Trinajstić information content (AvgIpc) is 2.78. The normalized spacial score (nSPS) is 27.0. The SMILES string of the molecule is CCCCCCCCCCCCCCCCOP1OCC2(COP(OC)OC2)CO1. The van der Waals surface area contributed by atoms with Crippen molar-refractivity contribution >= 4 is 17.2 Å². The molecule has 0 saturated carbocycles. The Morgan fingerprint density at radius 2 is 1.00 bits per heavy atom. The van der Waals surface area contributed by atoms with Gasteiger partial charge in [0.25, 0.3) is 0 Å². The molecule has 0 aromatic rings. The molecule has 2 heterocycles. The molecule has 8 heteroatoms. The van der Waals surface area contributed by atoms with Crippen LogP contribution in [0.3, 0.4) is 0 Å². The topological polar surface area (TPSA) is 55.4 Å². The molecule has 0 radical (unpaired) electrons. The van der Waals surface area contributed by atoms with Crippen LogP contribution < -0.4 is 0 Å². The van der Waals surface area contributed by atoms with Crippen molar-refractivity contribution in [2.75, 3.05) is 40.1 Å². The van der Waals surface area contributed by atoms with Crippen LogP contribution >= 0.6 is 17.2 Å². The number of unbranched alkanes of at least 4 members (excludes halogenated alkanes) is 13. The van der Waals surface area contributed by atoms with Crippen molar-refractivity contribution < 1.29 is 27.1 Å². The van der Waals surface area contributed by atoms with Crippen LogP contribution in [-0.4, -0.2) is 40.1 Å². The van der Waals surface area contributed by atoms with Gasteiger partial charge in [0.2, 0.25) is 0 Å². The van der Waals surface area contributed by atoms with Gasteiger partial charge in [-0.05, 0) is 6.42 Å². The zero-order valence-electron chi connectivity index (χ0n) is 19.3. The first-order valence-electron chi connectivity index (χ1n) is 12.1. The van der Waals surface area contributed by atoms with Crippen molar-refractivity contribution in [2.45, 2.75) is 96.8 Å². The van der Waals surface area contributed by atoms with Crippen LogP contribution in [-0.2, 0) is 27.1 Å². The van der Waals surface area contributed by atoms with E-state index in [9.17, 15) is 0 Å². The Bertz CT molecular complexity index is 397. The van der Waals surface area contributed by atoms with Crippen LogP contribution in [0.15, 0.2) is 0 Å². The van der Waals surface area contributed by atoms with E-state index >= 15 is 0 Å². The van der Waals surface area contributed by atoms with Gasteiger partial charge in [-0.1, -0.05) is 90.4 Å². The van der Waals surface area contributed by atoms with E-state index in [1.165, 1.54) is 83.5 Å². The lowest BCUT2D eigenvalue weighted by Crippen LogP contribution is -2.44. The van der Waals surface area contributed by atoms with Crippen molar-refractivity contribution in [1.82, 2.24) is 0 Å². The highest BCUT2D eigenvalue weighted by Gasteiger charge is 2.43. The summed E-state index contributed by atoms with van der Waals surface area (Å²) < 4.78 is 33.6. The zero-order chi connectivity index (χ0) is 21.3. The fourth-order valence-corrected chi connectivity index (χ4v) is 6.00. The van der Waals surface area contributed by atoms with Gasteiger partial charge in [0, 0.05) is 7.11 Å². The fourth-order valence-electron chi connectivity index (χ4n) is 3.70. The Morgan fingerprint density at radius 3 is 1.43 bits per heavy atom. The zero-order valence-corrected chi connectivity index (χ0v) is 21.1. The average molecular weight is 467 g/mol. The van der Waals surface area contributed by atoms with Gasteiger partial charge in [0.15, 0.2) is 0 Å². The van der Waals surface area contributed by atoms with Gasteiger partial charge in [-0.2, -0.15) is 0 Å². The Kier molecular flexibility index (Phi) is 15.4. The molecule has 178 valence electrons. The van der Waals surface area contributed by atoms with E-state index in [0.29, 0.717) is 26.4 Å². The van der Waals surface area contributed by atoms with Crippen molar-refractivity contribution in [3.63, 3.8) is 0 Å². The molecule has 0 amide bonds. The summed E-state index contributed by atoms with van der Waals surface area (Å²) in [5.41, 5.74) is -0.214. The van der Waals surface area contributed by atoms with E-state index in [0.717, 1.165) is 13.0 Å². The summed E-state index contributed by atoms with van der Waals surface area (Å²) in [6.07, 6.45) is 19.1. The largest absolute Gasteiger partial charge is 0.332 e. The summed E-state index contributed by atoms with van der Waals surface area (Å²) in [7, 11) is -0.811. The van der Waals surface area contributed by atoms with Gasteiger partial charge in [-0.15, -0.1) is 0 Å². The van der Waals surface area contributed by atoms with Gasteiger partial charge >= 0.3 is 17.2 Å². The lowest BCUT2D eigenvalue weighted by atomic mass is 9.93. The lowest BCUT2D eigenvalue weighted by Gasteiger charge is -2.41. The molecule has 6 nitrogen and oxygen atoms in total. The van der Waals surface area contributed by atoms with Gasteiger partial charge in [0.05, 0.1) is 38.4 Å². The van der Waals surface area contributed by atoms with Gasteiger partial charge in [-0.25, -0.2) is 0 Å². The molecule has 2 rings (SSSR count). The fraction of sp³-hybridized carbons (Fsp3) is 1.00. The van der Waals surface area contributed by atoms with Crippen LogP contribution in [0.2, 0.25) is 0 Å². The first kappa shape index (κ1) is 26.9. The minimum absolute atomic E-state index is 0.214. The van der Waals surface area contributed by atoms with Gasteiger partial charge < -0.3 is 27.1 Å². The van der Waals surface area contributed by atoms with E-state index in [-0.39, 0.29) is 5.41 Å². The summed E-state index contributed by atoms with van der Waals surface area (Å²) in [5, 5.41) is 0. The molecule has 30 heavy (non-hydrogen) atoms. The van der Waals surface area contributed by atoms with E-state index in [1.807, 2.05) is 0 Å². The molecule has 0 bridgehead atoms. The monoisotopic (exact) mass is 466 g/mol. The summed E-state index contributed by atoms with van der Waals surface area (Å²) in [6.45, 7) is 5.22.